The van der Waals surface area contributed by atoms with Gasteiger partial charge in [0.05, 0.1) is 7.11 Å². The summed E-state index contributed by atoms with van der Waals surface area (Å²) in [5.41, 5.74) is 0.412. The van der Waals surface area contributed by atoms with Gasteiger partial charge in [-0.15, -0.1) is 0 Å². The highest BCUT2D eigenvalue weighted by Gasteiger charge is 2.27. The summed E-state index contributed by atoms with van der Waals surface area (Å²) in [7, 11) is 3.27. The minimum atomic E-state index is -0.179. The number of nitrogens with one attached hydrogen (secondary N) is 1. The van der Waals surface area contributed by atoms with E-state index in [2.05, 4.69) is 31.0 Å². The van der Waals surface area contributed by atoms with Gasteiger partial charge in [0.25, 0.3) is 0 Å². The predicted octanol–water partition coefficient (Wildman–Crippen LogP) is 2.29. The van der Waals surface area contributed by atoms with Crippen LogP contribution in [-0.4, -0.2) is 50.7 Å². The van der Waals surface area contributed by atoms with E-state index < -0.39 is 0 Å². The Morgan fingerprint density at radius 3 is 2.60 bits per heavy atom. The van der Waals surface area contributed by atoms with Crippen molar-refractivity contribution in [2.45, 2.75) is 52.5 Å². The molecule has 0 radical (unpaired) electrons. The molecule has 0 aromatic heterocycles. The molecule has 1 N–H and O–H groups in total. The van der Waals surface area contributed by atoms with E-state index in [1.54, 1.807) is 0 Å². The van der Waals surface area contributed by atoms with E-state index in [4.69, 9.17) is 4.74 Å². The fourth-order valence-electron chi connectivity index (χ4n) is 3.08. The molecular formula is C16H32N2O2. The SMILES string of the molecule is CNC(CCN1CCCC(C(C)(C)C)CC1)C(=O)OC. The number of esters is 1. The van der Waals surface area contributed by atoms with Gasteiger partial charge in [-0.05, 0) is 57.2 Å². The number of likely N-dealkylation sites (tertiary alicyclic amines) is 1. The molecule has 0 aliphatic carbocycles. The second-order valence-electron chi connectivity index (χ2n) is 6.99. The topological polar surface area (TPSA) is 41.6 Å². The highest BCUT2D eigenvalue weighted by Crippen LogP contribution is 2.34. The Morgan fingerprint density at radius 1 is 1.35 bits per heavy atom. The average Bonchev–Trinajstić information content (AvgIpc) is 2.64. The summed E-state index contributed by atoms with van der Waals surface area (Å²) in [5, 5.41) is 3.04. The van der Waals surface area contributed by atoms with Crippen molar-refractivity contribution in [2.75, 3.05) is 33.8 Å². The van der Waals surface area contributed by atoms with E-state index >= 15 is 0 Å². The van der Waals surface area contributed by atoms with E-state index in [9.17, 15) is 4.79 Å². The minimum absolute atomic E-state index is 0.158. The molecule has 0 aromatic carbocycles. The summed E-state index contributed by atoms with van der Waals surface area (Å²) in [6.07, 6.45) is 4.69. The van der Waals surface area contributed by atoms with Crippen LogP contribution in [0.1, 0.15) is 46.5 Å². The minimum Gasteiger partial charge on any atom is -0.468 e. The van der Waals surface area contributed by atoms with Crippen molar-refractivity contribution in [1.29, 1.82) is 0 Å². The Kier molecular flexibility index (Phi) is 6.96. The van der Waals surface area contributed by atoms with Gasteiger partial charge in [-0.25, -0.2) is 0 Å². The Bertz CT molecular complexity index is 299. The maximum Gasteiger partial charge on any atom is 0.322 e. The lowest BCUT2D eigenvalue weighted by Gasteiger charge is -2.30. The third-order valence-electron chi connectivity index (χ3n) is 4.61. The van der Waals surface area contributed by atoms with Crippen molar-refractivity contribution in [3.63, 3.8) is 0 Å². The molecule has 1 aliphatic heterocycles. The first-order valence-electron chi connectivity index (χ1n) is 7.86. The second-order valence-corrected chi connectivity index (χ2v) is 6.99. The van der Waals surface area contributed by atoms with Gasteiger partial charge in [0, 0.05) is 6.54 Å². The number of likely N-dealkylation sites (N-methyl/N-ethyl adjacent to an activating group) is 1. The number of carbonyl (C=O) groups is 1. The van der Waals surface area contributed by atoms with Gasteiger partial charge in [-0.2, -0.15) is 0 Å². The molecule has 1 rings (SSSR count). The third-order valence-corrected chi connectivity index (χ3v) is 4.61. The highest BCUT2D eigenvalue weighted by atomic mass is 16.5. The lowest BCUT2D eigenvalue weighted by atomic mass is 9.77. The van der Waals surface area contributed by atoms with Crippen LogP contribution in [0.3, 0.4) is 0 Å². The highest BCUT2D eigenvalue weighted by molar-refractivity contribution is 5.75. The standard InChI is InChI=1S/C16H32N2O2/c1-16(2,3)13-7-6-10-18(11-8-13)12-9-14(17-4)15(19)20-5/h13-14,17H,6-12H2,1-5H3. The predicted molar refractivity (Wildman–Crippen MR) is 82.7 cm³/mol. The van der Waals surface area contributed by atoms with Crippen LogP contribution in [0.15, 0.2) is 0 Å². The number of nitrogens with zero attached hydrogens (tertiary/aromatic N) is 1. The molecule has 2 unspecified atom stereocenters. The third kappa shape index (κ3) is 5.41. The Hall–Kier alpha value is -0.610. The number of hydrogen-bond donors (Lipinski definition) is 1. The van der Waals surface area contributed by atoms with Gasteiger partial charge >= 0.3 is 5.97 Å². The molecule has 2 atom stereocenters. The van der Waals surface area contributed by atoms with E-state index in [1.807, 2.05) is 7.05 Å². The van der Waals surface area contributed by atoms with Crippen molar-refractivity contribution < 1.29 is 9.53 Å². The molecule has 1 heterocycles. The number of methoxy groups -OCH3 is 1. The van der Waals surface area contributed by atoms with Crippen LogP contribution in [0.5, 0.6) is 0 Å². The molecule has 1 fully saturated rings. The van der Waals surface area contributed by atoms with Crippen LogP contribution in [0.25, 0.3) is 0 Å². The first kappa shape index (κ1) is 17.4. The lowest BCUT2D eigenvalue weighted by molar-refractivity contribution is -0.143. The molecule has 4 nitrogen and oxygen atoms in total. The van der Waals surface area contributed by atoms with Gasteiger partial charge in [-0.3, -0.25) is 4.79 Å². The normalized spacial score (nSPS) is 23.1. The van der Waals surface area contributed by atoms with Crippen molar-refractivity contribution >= 4 is 5.97 Å². The summed E-state index contributed by atoms with van der Waals surface area (Å²) >= 11 is 0. The van der Waals surface area contributed by atoms with Gasteiger partial charge in [-0.1, -0.05) is 20.8 Å². The molecule has 0 bridgehead atoms. The summed E-state index contributed by atoms with van der Waals surface area (Å²) < 4.78 is 4.81. The summed E-state index contributed by atoms with van der Waals surface area (Å²) in [5.74, 6) is 0.656. The maximum absolute atomic E-state index is 11.6. The van der Waals surface area contributed by atoms with Crippen molar-refractivity contribution in [3.05, 3.63) is 0 Å². The van der Waals surface area contributed by atoms with E-state index in [0.717, 1.165) is 32.0 Å². The van der Waals surface area contributed by atoms with Gasteiger partial charge in [0.1, 0.15) is 6.04 Å². The van der Waals surface area contributed by atoms with E-state index in [0.29, 0.717) is 5.41 Å². The molecule has 20 heavy (non-hydrogen) atoms. The van der Waals surface area contributed by atoms with Crippen molar-refractivity contribution in [2.24, 2.45) is 11.3 Å². The van der Waals surface area contributed by atoms with Crippen molar-refractivity contribution in [3.8, 4) is 0 Å². The molecule has 118 valence electrons. The smallest absolute Gasteiger partial charge is 0.322 e. The maximum atomic E-state index is 11.6. The molecule has 0 amide bonds. The van der Waals surface area contributed by atoms with Gasteiger partial charge in [0.2, 0.25) is 0 Å². The molecule has 1 aliphatic rings. The van der Waals surface area contributed by atoms with Gasteiger partial charge in [0.15, 0.2) is 0 Å². The van der Waals surface area contributed by atoms with Crippen LogP contribution in [0.2, 0.25) is 0 Å². The van der Waals surface area contributed by atoms with Crippen LogP contribution >= 0.6 is 0 Å². The molecule has 1 saturated heterocycles. The van der Waals surface area contributed by atoms with Crippen LogP contribution in [0, 0.1) is 11.3 Å². The molecule has 0 spiro atoms. The van der Waals surface area contributed by atoms with Crippen molar-refractivity contribution in [1.82, 2.24) is 10.2 Å². The number of hydrogen-bond acceptors (Lipinski definition) is 4. The average molecular weight is 284 g/mol. The number of rotatable bonds is 5. The molecule has 0 saturated carbocycles. The quantitative estimate of drug-likeness (QED) is 0.787. The van der Waals surface area contributed by atoms with Gasteiger partial charge < -0.3 is 15.0 Å². The number of carbonyl (C=O) groups excluding carboxylic acids is 1. The molecule has 0 aromatic rings. The van der Waals surface area contributed by atoms with Crippen LogP contribution in [-0.2, 0) is 9.53 Å². The first-order chi connectivity index (χ1) is 9.38. The number of ether oxygens (including phenoxy) is 1. The van der Waals surface area contributed by atoms with E-state index in [-0.39, 0.29) is 12.0 Å². The zero-order valence-electron chi connectivity index (χ0n) is 13.9. The molecular weight excluding hydrogens is 252 g/mol. The lowest BCUT2D eigenvalue weighted by Crippen LogP contribution is -2.39. The Labute approximate surface area is 124 Å². The fraction of sp³-hybridized carbons (Fsp3) is 0.938. The Morgan fingerprint density at radius 2 is 2.05 bits per heavy atom. The Balaban J connectivity index is 2.40. The summed E-state index contributed by atoms with van der Waals surface area (Å²) in [4.78, 5) is 14.1. The summed E-state index contributed by atoms with van der Waals surface area (Å²) in [6, 6.07) is -0.179. The monoisotopic (exact) mass is 284 g/mol. The fourth-order valence-corrected chi connectivity index (χ4v) is 3.08. The van der Waals surface area contributed by atoms with Crippen LogP contribution in [0.4, 0.5) is 0 Å². The molecule has 4 heteroatoms. The second kappa shape index (κ2) is 7.99. The zero-order chi connectivity index (χ0) is 15.2. The first-order valence-corrected chi connectivity index (χ1v) is 7.86. The largest absolute Gasteiger partial charge is 0.468 e. The summed E-state index contributed by atoms with van der Waals surface area (Å²) in [6.45, 7) is 10.3. The zero-order valence-corrected chi connectivity index (χ0v) is 13.9. The van der Waals surface area contributed by atoms with Crippen LogP contribution < -0.4 is 5.32 Å². The van der Waals surface area contributed by atoms with E-state index in [1.165, 1.54) is 26.4 Å².